The van der Waals surface area contributed by atoms with Crippen molar-refractivity contribution in [1.29, 1.82) is 0 Å². The van der Waals surface area contributed by atoms with Crippen LogP contribution in [0, 0.1) is 0 Å². The van der Waals surface area contributed by atoms with Crippen LogP contribution in [0.3, 0.4) is 0 Å². The van der Waals surface area contributed by atoms with Crippen molar-refractivity contribution < 1.29 is 14.3 Å². The molecule has 0 fully saturated rings. The molecule has 0 aromatic heterocycles. The third-order valence-electron chi connectivity index (χ3n) is 2.50. The Morgan fingerprint density at radius 3 is 3.00 bits per heavy atom. The number of nitrogens with two attached hydrogens (primary N) is 1. The standard InChI is InChI=1S/C11H14N2O3/c1-6-3-8-9(13-11(12)14)4-7(15-2)5-10(8)16-6/h4-6H,3H2,1-2H3,(H3,12,13,14). The summed E-state index contributed by atoms with van der Waals surface area (Å²) in [6, 6.07) is 2.96. The molecular weight excluding hydrogens is 208 g/mol. The van der Waals surface area contributed by atoms with Crippen LogP contribution >= 0.6 is 0 Å². The average molecular weight is 222 g/mol. The first-order valence-electron chi connectivity index (χ1n) is 5.04. The number of hydrogen-bond donors (Lipinski definition) is 2. The molecule has 86 valence electrons. The lowest BCUT2D eigenvalue weighted by atomic mass is 10.1. The molecule has 1 unspecified atom stereocenters. The van der Waals surface area contributed by atoms with Crippen LogP contribution in [-0.2, 0) is 6.42 Å². The number of fused-ring (bicyclic) bond motifs is 1. The van der Waals surface area contributed by atoms with Crippen molar-refractivity contribution in [2.24, 2.45) is 5.73 Å². The molecule has 0 aliphatic carbocycles. The number of carbonyl (C=O) groups is 1. The van der Waals surface area contributed by atoms with E-state index in [4.69, 9.17) is 15.2 Å². The van der Waals surface area contributed by atoms with Gasteiger partial charge < -0.3 is 20.5 Å². The first-order valence-corrected chi connectivity index (χ1v) is 5.04. The second kappa shape index (κ2) is 3.92. The predicted molar refractivity (Wildman–Crippen MR) is 60.0 cm³/mol. The van der Waals surface area contributed by atoms with E-state index in [1.54, 1.807) is 13.2 Å². The van der Waals surface area contributed by atoms with E-state index < -0.39 is 6.03 Å². The van der Waals surface area contributed by atoms with Crippen molar-refractivity contribution in [3.8, 4) is 11.5 Å². The van der Waals surface area contributed by atoms with E-state index in [0.29, 0.717) is 11.4 Å². The average Bonchev–Trinajstić information content (AvgIpc) is 2.57. The SMILES string of the molecule is COc1cc(NC(N)=O)c2c(c1)OC(C)C2. The van der Waals surface area contributed by atoms with Crippen molar-refractivity contribution in [2.75, 3.05) is 12.4 Å². The van der Waals surface area contributed by atoms with E-state index in [0.717, 1.165) is 17.7 Å². The van der Waals surface area contributed by atoms with E-state index in [-0.39, 0.29) is 6.10 Å². The molecule has 0 bridgehead atoms. The van der Waals surface area contributed by atoms with Gasteiger partial charge in [-0.15, -0.1) is 0 Å². The van der Waals surface area contributed by atoms with Gasteiger partial charge in [-0.2, -0.15) is 0 Å². The highest BCUT2D eigenvalue weighted by Crippen LogP contribution is 2.38. The summed E-state index contributed by atoms with van der Waals surface area (Å²) in [6.07, 6.45) is 0.866. The van der Waals surface area contributed by atoms with Gasteiger partial charge in [0.05, 0.1) is 12.8 Å². The highest BCUT2D eigenvalue weighted by atomic mass is 16.5. The van der Waals surface area contributed by atoms with Crippen LogP contribution in [0.25, 0.3) is 0 Å². The summed E-state index contributed by atoms with van der Waals surface area (Å²) in [6.45, 7) is 1.97. The number of ether oxygens (including phenoxy) is 2. The number of primary amides is 1. The van der Waals surface area contributed by atoms with Crippen molar-refractivity contribution in [3.63, 3.8) is 0 Å². The second-order valence-electron chi connectivity index (χ2n) is 3.77. The highest BCUT2D eigenvalue weighted by molar-refractivity contribution is 5.89. The molecule has 5 heteroatoms. The second-order valence-corrected chi connectivity index (χ2v) is 3.77. The molecule has 1 aromatic carbocycles. The molecule has 1 aromatic rings. The summed E-state index contributed by atoms with van der Waals surface area (Å²) in [5, 5.41) is 2.58. The Kier molecular flexibility index (Phi) is 2.60. The molecule has 2 amide bonds. The van der Waals surface area contributed by atoms with E-state index in [1.165, 1.54) is 0 Å². The number of amides is 2. The van der Waals surface area contributed by atoms with Crippen LogP contribution < -0.4 is 20.5 Å². The minimum atomic E-state index is -0.588. The summed E-state index contributed by atoms with van der Waals surface area (Å²) in [5.41, 5.74) is 6.74. The van der Waals surface area contributed by atoms with Crippen LogP contribution in [0.5, 0.6) is 11.5 Å². The fourth-order valence-electron chi connectivity index (χ4n) is 1.84. The Hall–Kier alpha value is -1.91. The van der Waals surface area contributed by atoms with E-state index in [1.807, 2.05) is 13.0 Å². The highest BCUT2D eigenvalue weighted by Gasteiger charge is 2.23. The summed E-state index contributed by atoms with van der Waals surface area (Å²) >= 11 is 0. The number of anilines is 1. The number of urea groups is 1. The molecule has 5 nitrogen and oxygen atoms in total. The topological polar surface area (TPSA) is 73.6 Å². The maximum atomic E-state index is 10.9. The fraction of sp³-hybridized carbons (Fsp3) is 0.364. The Labute approximate surface area is 93.5 Å². The van der Waals surface area contributed by atoms with Crippen molar-refractivity contribution in [2.45, 2.75) is 19.4 Å². The molecule has 0 spiro atoms. The number of hydrogen-bond acceptors (Lipinski definition) is 3. The van der Waals surface area contributed by atoms with Gasteiger partial charge in [-0.25, -0.2) is 4.79 Å². The van der Waals surface area contributed by atoms with Gasteiger partial charge in [0.25, 0.3) is 0 Å². The Balaban J connectivity index is 2.42. The summed E-state index contributed by atoms with van der Waals surface area (Å²) in [5.74, 6) is 1.38. The summed E-state index contributed by atoms with van der Waals surface area (Å²) in [7, 11) is 1.56. The Morgan fingerprint density at radius 1 is 1.62 bits per heavy atom. The van der Waals surface area contributed by atoms with E-state index in [9.17, 15) is 4.79 Å². The lowest BCUT2D eigenvalue weighted by Gasteiger charge is -2.09. The molecule has 0 saturated carbocycles. The van der Waals surface area contributed by atoms with Crippen molar-refractivity contribution in [3.05, 3.63) is 17.7 Å². The van der Waals surface area contributed by atoms with Gasteiger partial charge in [0, 0.05) is 24.1 Å². The zero-order chi connectivity index (χ0) is 11.7. The zero-order valence-corrected chi connectivity index (χ0v) is 9.24. The fourth-order valence-corrected chi connectivity index (χ4v) is 1.84. The van der Waals surface area contributed by atoms with Gasteiger partial charge >= 0.3 is 6.03 Å². The Bertz CT molecular complexity index is 431. The smallest absolute Gasteiger partial charge is 0.316 e. The minimum absolute atomic E-state index is 0.107. The maximum Gasteiger partial charge on any atom is 0.316 e. The molecule has 1 aliphatic heterocycles. The van der Waals surface area contributed by atoms with Crippen LogP contribution in [0.4, 0.5) is 10.5 Å². The van der Waals surface area contributed by atoms with E-state index in [2.05, 4.69) is 5.32 Å². The number of rotatable bonds is 2. The monoisotopic (exact) mass is 222 g/mol. The van der Waals surface area contributed by atoms with Crippen LogP contribution in [0.1, 0.15) is 12.5 Å². The van der Waals surface area contributed by atoms with Gasteiger partial charge in [0.2, 0.25) is 0 Å². The predicted octanol–water partition coefficient (Wildman–Crippen LogP) is 1.51. The molecule has 1 aliphatic rings. The van der Waals surface area contributed by atoms with Crippen LogP contribution in [-0.4, -0.2) is 19.2 Å². The molecular formula is C11H14N2O3. The number of methoxy groups -OCH3 is 1. The third kappa shape index (κ3) is 1.88. The molecule has 2 rings (SSSR count). The first kappa shape index (κ1) is 10.6. The van der Waals surface area contributed by atoms with Gasteiger partial charge in [-0.1, -0.05) is 0 Å². The molecule has 1 atom stereocenters. The first-order chi connectivity index (χ1) is 7.60. The molecule has 3 N–H and O–H groups in total. The summed E-state index contributed by atoms with van der Waals surface area (Å²) < 4.78 is 10.7. The van der Waals surface area contributed by atoms with Gasteiger partial charge in [0.1, 0.15) is 17.6 Å². The zero-order valence-electron chi connectivity index (χ0n) is 9.24. The molecule has 16 heavy (non-hydrogen) atoms. The van der Waals surface area contributed by atoms with Crippen LogP contribution in [0.15, 0.2) is 12.1 Å². The lowest BCUT2D eigenvalue weighted by Crippen LogP contribution is -2.20. The summed E-state index contributed by atoms with van der Waals surface area (Å²) in [4.78, 5) is 10.9. The maximum absolute atomic E-state index is 10.9. The number of nitrogens with one attached hydrogen (secondary N) is 1. The van der Waals surface area contributed by atoms with Gasteiger partial charge in [0.15, 0.2) is 0 Å². The van der Waals surface area contributed by atoms with E-state index >= 15 is 0 Å². The normalized spacial score (nSPS) is 17.5. The van der Waals surface area contributed by atoms with Crippen molar-refractivity contribution >= 4 is 11.7 Å². The van der Waals surface area contributed by atoms with Crippen LogP contribution in [0.2, 0.25) is 0 Å². The van der Waals surface area contributed by atoms with Gasteiger partial charge in [-0.3, -0.25) is 0 Å². The molecule has 0 radical (unpaired) electrons. The van der Waals surface area contributed by atoms with Crippen molar-refractivity contribution in [1.82, 2.24) is 0 Å². The lowest BCUT2D eigenvalue weighted by molar-refractivity contribution is 0.253. The number of carbonyl (C=O) groups excluding carboxylic acids is 1. The molecule has 1 heterocycles. The Morgan fingerprint density at radius 2 is 2.38 bits per heavy atom. The van der Waals surface area contributed by atoms with Gasteiger partial charge in [-0.05, 0) is 6.92 Å². The largest absolute Gasteiger partial charge is 0.497 e. The third-order valence-corrected chi connectivity index (χ3v) is 2.50. The molecule has 0 saturated heterocycles. The number of benzene rings is 1. The quantitative estimate of drug-likeness (QED) is 0.796. The minimum Gasteiger partial charge on any atom is -0.497 e.